The zero-order chi connectivity index (χ0) is 11.4. The van der Waals surface area contributed by atoms with E-state index < -0.39 is 0 Å². The summed E-state index contributed by atoms with van der Waals surface area (Å²) in [5.74, 6) is 0. The maximum atomic E-state index is 11.3. The van der Waals surface area contributed by atoms with Gasteiger partial charge in [-0.3, -0.25) is 4.79 Å². The number of nitrogens with zero attached hydrogens (tertiary/aromatic N) is 2. The lowest BCUT2D eigenvalue weighted by Crippen LogP contribution is -2.37. The number of nitrogens with one attached hydrogen (secondary N) is 1. The molecule has 0 bridgehead atoms. The summed E-state index contributed by atoms with van der Waals surface area (Å²) in [7, 11) is 0. The molecule has 3 N–H and O–H groups in total. The Kier molecular flexibility index (Phi) is 3.69. The summed E-state index contributed by atoms with van der Waals surface area (Å²) in [4.78, 5) is 15.1. The monoisotopic (exact) mass is 222 g/mol. The van der Waals surface area contributed by atoms with Gasteiger partial charge in [-0.1, -0.05) is 6.42 Å². The topological polar surface area (TPSA) is 72.9 Å². The first-order valence-corrected chi connectivity index (χ1v) is 5.78. The molecule has 0 amide bonds. The van der Waals surface area contributed by atoms with Crippen LogP contribution in [0.2, 0.25) is 0 Å². The maximum absolute atomic E-state index is 11.3. The number of hydrogen-bond donors (Lipinski definition) is 2. The average molecular weight is 222 g/mol. The van der Waals surface area contributed by atoms with Gasteiger partial charge in [0.25, 0.3) is 5.56 Å². The van der Waals surface area contributed by atoms with Crippen molar-refractivity contribution >= 4 is 0 Å². The Labute approximate surface area is 94.7 Å². The van der Waals surface area contributed by atoms with Crippen LogP contribution in [-0.2, 0) is 13.1 Å². The normalized spacial score (nSPS) is 20.9. The van der Waals surface area contributed by atoms with E-state index in [0.29, 0.717) is 11.6 Å². The third kappa shape index (κ3) is 2.68. The summed E-state index contributed by atoms with van der Waals surface area (Å²) >= 11 is 0. The molecular formula is C11H18N4O. The van der Waals surface area contributed by atoms with Crippen LogP contribution in [0.15, 0.2) is 17.3 Å². The molecular weight excluding hydrogens is 204 g/mol. The van der Waals surface area contributed by atoms with Gasteiger partial charge in [0.1, 0.15) is 0 Å². The van der Waals surface area contributed by atoms with Gasteiger partial charge in [-0.2, -0.15) is 4.98 Å². The Morgan fingerprint density at radius 3 is 3.12 bits per heavy atom. The van der Waals surface area contributed by atoms with Crippen LogP contribution in [0.25, 0.3) is 0 Å². The van der Waals surface area contributed by atoms with E-state index in [9.17, 15) is 4.79 Å². The van der Waals surface area contributed by atoms with Gasteiger partial charge in [0.2, 0.25) is 0 Å². The Bertz CT molecular complexity index is 395. The van der Waals surface area contributed by atoms with Crippen LogP contribution in [0.3, 0.4) is 0 Å². The molecule has 0 spiro atoms. The van der Waals surface area contributed by atoms with Crippen molar-refractivity contribution in [3.63, 3.8) is 0 Å². The summed E-state index contributed by atoms with van der Waals surface area (Å²) in [5, 5.41) is 3.46. The zero-order valence-corrected chi connectivity index (χ0v) is 9.35. The fraction of sp³-hybridized carbons (Fsp3) is 0.636. The molecule has 1 aliphatic rings. The molecule has 1 aromatic heterocycles. The summed E-state index contributed by atoms with van der Waals surface area (Å²) in [6.45, 7) is 2.20. The van der Waals surface area contributed by atoms with Gasteiger partial charge >= 0.3 is 0 Å². The number of nitrogens with two attached hydrogens (primary N) is 1. The van der Waals surface area contributed by atoms with Crippen molar-refractivity contribution in [1.29, 1.82) is 0 Å². The Hall–Kier alpha value is -1.20. The summed E-state index contributed by atoms with van der Waals surface area (Å²) in [6, 6.07) is 0.490. The molecule has 1 saturated heterocycles. The van der Waals surface area contributed by atoms with Crippen molar-refractivity contribution in [1.82, 2.24) is 14.9 Å². The molecule has 0 aromatic carbocycles. The van der Waals surface area contributed by atoms with E-state index in [1.54, 1.807) is 6.33 Å². The average Bonchev–Trinajstić information content (AvgIpc) is 2.33. The quantitative estimate of drug-likeness (QED) is 0.745. The first-order chi connectivity index (χ1) is 7.79. The van der Waals surface area contributed by atoms with Gasteiger partial charge in [-0.15, -0.1) is 0 Å². The highest BCUT2D eigenvalue weighted by atomic mass is 16.1. The molecule has 1 aliphatic heterocycles. The van der Waals surface area contributed by atoms with E-state index in [1.165, 1.54) is 19.3 Å². The predicted molar refractivity (Wildman–Crippen MR) is 62.0 cm³/mol. The minimum Gasteiger partial charge on any atom is -0.337 e. The van der Waals surface area contributed by atoms with Crippen molar-refractivity contribution in [2.45, 2.75) is 38.4 Å². The molecule has 2 heterocycles. The summed E-state index contributed by atoms with van der Waals surface area (Å²) < 4.78 is 1.95. The van der Waals surface area contributed by atoms with Gasteiger partial charge < -0.3 is 15.6 Å². The van der Waals surface area contributed by atoms with E-state index in [-0.39, 0.29) is 12.1 Å². The lowest BCUT2D eigenvalue weighted by molar-refractivity contribution is 0.360. The van der Waals surface area contributed by atoms with Crippen LogP contribution < -0.4 is 16.6 Å². The smallest absolute Gasteiger partial charge is 0.277 e. The van der Waals surface area contributed by atoms with E-state index >= 15 is 0 Å². The van der Waals surface area contributed by atoms with E-state index in [0.717, 1.165) is 13.1 Å². The molecule has 1 aromatic rings. The van der Waals surface area contributed by atoms with Gasteiger partial charge in [0, 0.05) is 30.9 Å². The van der Waals surface area contributed by atoms with Crippen molar-refractivity contribution in [3.05, 3.63) is 28.4 Å². The molecule has 5 nitrogen and oxygen atoms in total. The van der Waals surface area contributed by atoms with Crippen LogP contribution in [0.4, 0.5) is 0 Å². The van der Waals surface area contributed by atoms with E-state index in [4.69, 9.17) is 5.73 Å². The zero-order valence-electron chi connectivity index (χ0n) is 9.35. The van der Waals surface area contributed by atoms with Crippen LogP contribution in [0, 0.1) is 0 Å². The van der Waals surface area contributed by atoms with Crippen LogP contribution in [0.5, 0.6) is 0 Å². The Balaban J connectivity index is 2.06. The molecule has 2 rings (SSSR count). The second kappa shape index (κ2) is 5.23. The molecule has 88 valence electrons. The molecule has 16 heavy (non-hydrogen) atoms. The Morgan fingerprint density at radius 1 is 1.56 bits per heavy atom. The number of aromatic nitrogens is 2. The third-order valence-electron chi connectivity index (χ3n) is 2.98. The van der Waals surface area contributed by atoms with Crippen molar-refractivity contribution < 1.29 is 0 Å². The van der Waals surface area contributed by atoms with Crippen LogP contribution >= 0.6 is 0 Å². The number of rotatable bonds is 3. The van der Waals surface area contributed by atoms with E-state index in [1.807, 2.05) is 10.8 Å². The second-order valence-corrected chi connectivity index (χ2v) is 4.25. The minimum atomic E-state index is -0.213. The first kappa shape index (κ1) is 11.3. The van der Waals surface area contributed by atoms with Crippen LogP contribution in [-0.4, -0.2) is 22.1 Å². The highest BCUT2D eigenvalue weighted by Gasteiger charge is 2.12. The second-order valence-electron chi connectivity index (χ2n) is 4.25. The Morgan fingerprint density at radius 2 is 2.44 bits per heavy atom. The molecule has 0 radical (unpaired) electrons. The maximum Gasteiger partial charge on any atom is 0.277 e. The van der Waals surface area contributed by atoms with Gasteiger partial charge in [-0.05, 0) is 19.4 Å². The number of piperidine rings is 1. The summed E-state index contributed by atoms with van der Waals surface area (Å²) in [6.07, 6.45) is 7.12. The third-order valence-corrected chi connectivity index (χ3v) is 2.98. The lowest BCUT2D eigenvalue weighted by Gasteiger charge is -2.24. The molecule has 0 aliphatic carbocycles. The van der Waals surface area contributed by atoms with E-state index in [2.05, 4.69) is 10.3 Å². The molecule has 1 fully saturated rings. The predicted octanol–water partition coefficient (Wildman–Crippen LogP) is -0.156. The fourth-order valence-electron chi connectivity index (χ4n) is 2.07. The van der Waals surface area contributed by atoms with Crippen molar-refractivity contribution in [2.75, 3.05) is 6.54 Å². The molecule has 1 atom stereocenters. The van der Waals surface area contributed by atoms with Gasteiger partial charge in [0.15, 0.2) is 0 Å². The summed E-state index contributed by atoms with van der Waals surface area (Å²) in [5.41, 5.74) is 5.85. The van der Waals surface area contributed by atoms with Gasteiger partial charge in [0.05, 0.1) is 6.33 Å². The highest BCUT2D eigenvalue weighted by molar-refractivity contribution is 5.03. The highest BCUT2D eigenvalue weighted by Crippen LogP contribution is 2.08. The SMILES string of the molecule is NCc1cn(CC2CCCCN2)cnc1=O. The minimum absolute atomic E-state index is 0.213. The lowest BCUT2D eigenvalue weighted by atomic mass is 10.1. The molecule has 5 heteroatoms. The molecule has 1 unspecified atom stereocenters. The van der Waals surface area contributed by atoms with Gasteiger partial charge in [-0.25, -0.2) is 0 Å². The number of hydrogen-bond acceptors (Lipinski definition) is 4. The van der Waals surface area contributed by atoms with Crippen LogP contribution in [0.1, 0.15) is 24.8 Å². The molecule has 0 saturated carbocycles. The largest absolute Gasteiger partial charge is 0.337 e. The standard InChI is InChI=1S/C11H18N4O/c12-5-9-6-15(8-14-11(9)16)7-10-3-1-2-4-13-10/h6,8,10,13H,1-5,7,12H2. The first-order valence-electron chi connectivity index (χ1n) is 5.78. The van der Waals surface area contributed by atoms with Crippen molar-refractivity contribution in [2.24, 2.45) is 5.73 Å². The fourth-order valence-corrected chi connectivity index (χ4v) is 2.07. The van der Waals surface area contributed by atoms with Crippen molar-refractivity contribution in [3.8, 4) is 0 Å².